The standard InChI is InChI=1S/C28H29Cl3N4O4S/c29-19-14-20(30)16-23(15-19)40(38,39)34-26(24-10-3-4-11-25(24)31)18-27(36)32-21-8-7-9-22(17-21)33-28(37)35-12-5-1-2-6-13-35/h3-4,7-11,14-17,26,34H,1-2,5-6,12-13,18H2,(H,32,36)(H,33,37). The number of rotatable bonds is 8. The van der Waals surface area contributed by atoms with Gasteiger partial charge in [-0.2, -0.15) is 0 Å². The van der Waals surface area contributed by atoms with Gasteiger partial charge in [-0.15, -0.1) is 0 Å². The topological polar surface area (TPSA) is 108 Å². The van der Waals surface area contributed by atoms with Crippen LogP contribution in [0.5, 0.6) is 0 Å². The smallest absolute Gasteiger partial charge is 0.321 e. The minimum atomic E-state index is -4.13. The van der Waals surface area contributed by atoms with Gasteiger partial charge in [-0.05, 0) is 60.9 Å². The largest absolute Gasteiger partial charge is 0.326 e. The number of hydrogen-bond acceptors (Lipinski definition) is 4. The summed E-state index contributed by atoms with van der Waals surface area (Å²) in [6.45, 7) is 1.42. The van der Waals surface area contributed by atoms with Crippen molar-refractivity contribution in [3.05, 3.63) is 87.4 Å². The van der Waals surface area contributed by atoms with Crippen LogP contribution in [-0.4, -0.2) is 38.3 Å². The van der Waals surface area contributed by atoms with E-state index in [-0.39, 0.29) is 27.4 Å². The van der Waals surface area contributed by atoms with Crippen LogP contribution in [-0.2, 0) is 14.8 Å². The van der Waals surface area contributed by atoms with E-state index in [0.717, 1.165) is 25.7 Å². The molecule has 3 amide bonds. The van der Waals surface area contributed by atoms with Crippen LogP contribution in [0.4, 0.5) is 16.2 Å². The first-order valence-corrected chi connectivity index (χ1v) is 15.4. The van der Waals surface area contributed by atoms with Crippen LogP contribution in [0.2, 0.25) is 15.1 Å². The van der Waals surface area contributed by atoms with Crippen LogP contribution in [0.3, 0.4) is 0 Å². The average Bonchev–Trinajstić information content (AvgIpc) is 3.18. The minimum absolute atomic E-state index is 0.143. The van der Waals surface area contributed by atoms with E-state index in [1.54, 1.807) is 53.4 Å². The second-order valence-corrected chi connectivity index (χ2v) is 12.5. The Morgan fingerprint density at radius 2 is 1.43 bits per heavy atom. The number of halogens is 3. The number of benzene rings is 3. The van der Waals surface area contributed by atoms with Crippen molar-refractivity contribution in [2.75, 3.05) is 23.7 Å². The molecule has 212 valence electrons. The molecule has 4 rings (SSSR count). The van der Waals surface area contributed by atoms with E-state index in [2.05, 4.69) is 15.4 Å². The Morgan fingerprint density at radius 3 is 2.08 bits per heavy atom. The summed E-state index contributed by atoms with van der Waals surface area (Å²) in [5, 5.41) is 6.28. The van der Waals surface area contributed by atoms with Crippen molar-refractivity contribution in [2.45, 2.75) is 43.0 Å². The van der Waals surface area contributed by atoms with Crippen LogP contribution in [0.25, 0.3) is 0 Å². The van der Waals surface area contributed by atoms with Crippen LogP contribution < -0.4 is 15.4 Å². The van der Waals surface area contributed by atoms with Gasteiger partial charge < -0.3 is 15.5 Å². The zero-order valence-corrected chi connectivity index (χ0v) is 24.6. The molecule has 1 saturated heterocycles. The van der Waals surface area contributed by atoms with Crippen molar-refractivity contribution in [3.8, 4) is 0 Å². The third-order valence-electron chi connectivity index (χ3n) is 6.40. The highest BCUT2D eigenvalue weighted by Gasteiger charge is 2.26. The van der Waals surface area contributed by atoms with Crippen LogP contribution in [0.1, 0.15) is 43.7 Å². The average molecular weight is 624 g/mol. The monoisotopic (exact) mass is 622 g/mol. The highest BCUT2D eigenvalue weighted by molar-refractivity contribution is 7.89. The molecule has 1 aliphatic heterocycles. The highest BCUT2D eigenvalue weighted by Crippen LogP contribution is 2.29. The van der Waals surface area contributed by atoms with Crippen molar-refractivity contribution in [3.63, 3.8) is 0 Å². The number of urea groups is 1. The fourth-order valence-corrected chi connectivity index (χ4v) is 6.67. The van der Waals surface area contributed by atoms with Crippen molar-refractivity contribution in [1.82, 2.24) is 9.62 Å². The lowest BCUT2D eigenvalue weighted by Crippen LogP contribution is -2.35. The number of anilines is 2. The summed E-state index contributed by atoms with van der Waals surface area (Å²) < 4.78 is 29.0. The Labute approximate surface area is 249 Å². The lowest BCUT2D eigenvalue weighted by atomic mass is 10.0. The molecule has 3 aromatic rings. The number of nitrogens with zero attached hydrogens (tertiary/aromatic N) is 1. The van der Waals surface area contributed by atoms with Gasteiger partial charge in [0.1, 0.15) is 0 Å². The first-order valence-electron chi connectivity index (χ1n) is 12.8. The van der Waals surface area contributed by atoms with E-state index in [0.29, 0.717) is 35.1 Å². The number of carbonyl (C=O) groups is 2. The summed E-state index contributed by atoms with van der Waals surface area (Å²) in [6, 6.07) is 16.2. The predicted molar refractivity (Wildman–Crippen MR) is 160 cm³/mol. The molecule has 3 aromatic carbocycles. The normalized spacial score (nSPS) is 14.7. The molecule has 1 fully saturated rings. The lowest BCUT2D eigenvalue weighted by molar-refractivity contribution is -0.116. The van der Waals surface area contributed by atoms with Crippen LogP contribution >= 0.6 is 34.8 Å². The van der Waals surface area contributed by atoms with Crippen LogP contribution in [0.15, 0.2) is 71.6 Å². The molecular weight excluding hydrogens is 595 g/mol. The summed E-state index contributed by atoms with van der Waals surface area (Å²) in [5.41, 5.74) is 1.41. The van der Waals surface area contributed by atoms with Crippen molar-refractivity contribution in [1.29, 1.82) is 0 Å². The van der Waals surface area contributed by atoms with Gasteiger partial charge in [-0.1, -0.05) is 71.9 Å². The van der Waals surface area contributed by atoms with Gasteiger partial charge in [0.2, 0.25) is 15.9 Å². The number of carbonyl (C=O) groups excluding carboxylic acids is 2. The van der Waals surface area contributed by atoms with Gasteiger partial charge in [-0.25, -0.2) is 17.9 Å². The third kappa shape index (κ3) is 8.34. The van der Waals surface area contributed by atoms with Gasteiger partial charge in [0.15, 0.2) is 0 Å². The molecule has 40 heavy (non-hydrogen) atoms. The van der Waals surface area contributed by atoms with Crippen molar-refractivity contribution >= 4 is 68.1 Å². The SMILES string of the molecule is O=C(CC(NS(=O)(=O)c1cc(Cl)cc(Cl)c1)c1ccccc1Cl)Nc1cccc(NC(=O)N2CCCCCC2)c1. The Morgan fingerprint density at radius 1 is 0.800 bits per heavy atom. The number of sulfonamides is 1. The van der Waals surface area contributed by atoms with E-state index in [1.165, 1.54) is 18.2 Å². The minimum Gasteiger partial charge on any atom is -0.326 e. The summed E-state index contributed by atoms with van der Waals surface area (Å²) in [7, 11) is -4.13. The zero-order chi connectivity index (χ0) is 28.7. The van der Waals surface area contributed by atoms with Gasteiger partial charge in [0, 0.05) is 46.0 Å². The van der Waals surface area contributed by atoms with Gasteiger partial charge in [-0.3, -0.25) is 4.79 Å². The first-order chi connectivity index (χ1) is 19.1. The molecule has 0 saturated carbocycles. The molecular formula is C28H29Cl3N4O4S. The first kappa shape index (κ1) is 30.1. The predicted octanol–water partition coefficient (Wildman–Crippen LogP) is 7.10. The number of hydrogen-bond donors (Lipinski definition) is 3. The van der Waals surface area contributed by atoms with Gasteiger partial charge in [0.05, 0.1) is 10.9 Å². The quantitative estimate of drug-likeness (QED) is 0.249. The molecule has 0 aliphatic carbocycles. The molecule has 0 spiro atoms. The molecule has 1 atom stereocenters. The molecule has 1 heterocycles. The summed E-state index contributed by atoms with van der Waals surface area (Å²) >= 11 is 18.4. The molecule has 8 nitrogen and oxygen atoms in total. The Kier molecular flexibility index (Phi) is 10.3. The maximum Gasteiger partial charge on any atom is 0.321 e. The Hall–Kier alpha value is -2.82. The maximum atomic E-state index is 13.2. The van der Waals surface area contributed by atoms with E-state index in [1.807, 2.05) is 0 Å². The number of amides is 3. The molecule has 3 N–H and O–H groups in total. The lowest BCUT2D eigenvalue weighted by Gasteiger charge is -2.21. The molecule has 0 aromatic heterocycles. The number of nitrogens with one attached hydrogen (secondary N) is 3. The third-order valence-corrected chi connectivity index (χ3v) is 8.64. The summed E-state index contributed by atoms with van der Waals surface area (Å²) in [4.78, 5) is 27.5. The van der Waals surface area contributed by atoms with Gasteiger partial charge in [0.25, 0.3) is 0 Å². The summed E-state index contributed by atoms with van der Waals surface area (Å²) in [5.74, 6) is -0.465. The van der Waals surface area contributed by atoms with E-state index in [4.69, 9.17) is 34.8 Å². The molecule has 1 aliphatic rings. The highest BCUT2D eigenvalue weighted by atomic mass is 35.5. The second-order valence-electron chi connectivity index (χ2n) is 9.47. The zero-order valence-electron chi connectivity index (χ0n) is 21.5. The van der Waals surface area contributed by atoms with E-state index in [9.17, 15) is 18.0 Å². The van der Waals surface area contributed by atoms with E-state index < -0.39 is 22.0 Å². The fraction of sp³-hybridized carbons (Fsp3) is 0.286. The Balaban J connectivity index is 1.49. The van der Waals surface area contributed by atoms with Crippen molar-refractivity contribution in [2.24, 2.45) is 0 Å². The second kappa shape index (κ2) is 13.7. The molecule has 0 radical (unpaired) electrons. The summed E-state index contributed by atoms with van der Waals surface area (Å²) in [6.07, 6.45) is 3.92. The van der Waals surface area contributed by atoms with Gasteiger partial charge >= 0.3 is 6.03 Å². The van der Waals surface area contributed by atoms with E-state index >= 15 is 0 Å². The Bertz CT molecular complexity index is 1460. The van der Waals surface area contributed by atoms with Crippen molar-refractivity contribution < 1.29 is 18.0 Å². The maximum absolute atomic E-state index is 13.2. The fourth-order valence-electron chi connectivity index (χ4n) is 4.46. The number of likely N-dealkylation sites (tertiary alicyclic amines) is 1. The molecule has 12 heteroatoms. The molecule has 0 bridgehead atoms. The van der Waals surface area contributed by atoms with Crippen LogP contribution in [0, 0.1) is 0 Å². The molecule has 1 unspecified atom stereocenters.